The van der Waals surface area contributed by atoms with Crippen molar-refractivity contribution in [3.63, 3.8) is 0 Å². The zero-order valence-electron chi connectivity index (χ0n) is 10.2. The minimum absolute atomic E-state index is 0.376. The second kappa shape index (κ2) is 4.97. The van der Waals surface area contributed by atoms with Crippen LogP contribution in [0.15, 0.2) is 0 Å². The van der Waals surface area contributed by atoms with E-state index in [0.29, 0.717) is 5.92 Å². The number of ether oxygens (including phenoxy) is 1. The molecule has 2 unspecified atom stereocenters. The summed E-state index contributed by atoms with van der Waals surface area (Å²) in [4.78, 5) is 17.0. The molecule has 1 N–H and O–H groups in total. The second-order valence-corrected chi connectivity index (χ2v) is 6.30. The number of carboxylic acid groups (broad SMARTS) is 1. The molecule has 2 aliphatic rings. The fraction of sp³-hybridized carbons (Fsp3) is 0.692. The molecule has 0 amide bonds. The van der Waals surface area contributed by atoms with E-state index in [4.69, 9.17) is 4.74 Å². The van der Waals surface area contributed by atoms with E-state index in [2.05, 4.69) is 4.98 Å². The average molecular weight is 267 g/mol. The van der Waals surface area contributed by atoms with E-state index < -0.39 is 5.97 Å². The first-order chi connectivity index (χ1) is 8.74. The molecule has 1 saturated heterocycles. The number of carboxylic acids is 1. The lowest BCUT2D eigenvalue weighted by Gasteiger charge is -2.16. The van der Waals surface area contributed by atoms with Gasteiger partial charge in [0.1, 0.15) is 0 Å². The summed E-state index contributed by atoms with van der Waals surface area (Å²) in [5.74, 6) is -0.531. The minimum atomic E-state index is -0.725. The van der Waals surface area contributed by atoms with Gasteiger partial charge in [0.2, 0.25) is 0 Å². The van der Waals surface area contributed by atoms with Crippen LogP contribution in [-0.2, 0) is 22.4 Å². The molecule has 5 heteroatoms. The number of rotatable bonds is 3. The standard InChI is InChI=1S/C13H17NO3S/c15-13(16)9-2-1-3-10-12(9)14-11(18-10)6-8-4-5-17-7-8/h8-9H,1-7H2,(H,15,16). The molecule has 4 nitrogen and oxygen atoms in total. The Labute approximate surface area is 110 Å². The number of hydrogen-bond acceptors (Lipinski definition) is 4. The van der Waals surface area contributed by atoms with Crippen molar-refractivity contribution in [2.45, 2.75) is 38.0 Å². The summed E-state index contributed by atoms with van der Waals surface area (Å²) in [5.41, 5.74) is 0.840. The van der Waals surface area contributed by atoms with E-state index in [1.807, 2.05) is 0 Å². The SMILES string of the molecule is O=C(O)C1CCCc2sc(CC3CCOC3)nc21. The van der Waals surface area contributed by atoms with Crippen LogP contribution in [0, 0.1) is 5.92 Å². The van der Waals surface area contributed by atoms with E-state index >= 15 is 0 Å². The highest BCUT2D eigenvalue weighted by molar-refractivity contribution is 7.11. The molecule has 0 radical (unpaired) electrons. The van der Waals surface area contributed by atoms with Gasteiger partial charge in [-0.3, -0.25) is 4.79 Å². The van der Waals surface area contributed by atoms with Crippen molar-refractivity contribution in [2.24, 2.45) is 5.92 Å². The number of fused-ring (bicyclic) bond motifs is 1. The highest BCUT2D eigenvalue weighted by atomic mass is 32.1. The molecule has 1 aliphatic carbocycles. The number of hydrogen-bond donors (Lipinski definition) is 1. The van der Waals surface area contributed by atoms with Gasteiger partial charge in [-0.2, -0.15) is 0 Å². The number of thiazole rings is 1. The molecular weight excluding hydrogens is 250 g/mol. The minimum Gasteiger partial charge on any atom is -0.481 e. The van der Waals surface area contributed by atoms with Crippen molar-refractivity contribution in [2.75, 3.05) is 13.2 Å². The van der Waals surface area contributed by atoms with Crippen LogP contribution in [0.5, 0.6) is 0 Å². The molecule has 0 spiro atoms. The fourth-order valence-corrected chi connectivity index (χ4v) is 4.07. The molecule has 18 heavy (non-hydrogen) atoms. The Hall–Kier alpha value is -0.940. The number of aryl methyl sites for hydroxylation is 1. The number of carbonyl (C=O) groups is 1. The summed E-state index contributed by atoms with van der Waals surface area (Å²) < 4.78 is 5.37. The largest absolute Gasteiger partial charge is 0.481 e. The number of nitrogens with zero attached hydrogens (tertiary/aromatic N) is 1. The van der Waals surface area contributed by atoms with E-state index in [-0.39, 0.29) is 5.92 Å². The van der Waals surface area contributed by atoms with Crippen LogP contribution >= 0.6 is 11.3 Å². The molecule has 1 aromatic rings. The summed E-state index contributed by atoms with van der Waals surface area (Å²) in [6, 6.07) is 0. The Morgan fingerprint density at radius 3 is 3.11 bits per heavy atom. The lowest BCUT2D eigenvalue weighted by Crippen LogP contribution is -2.17. The summed E-state index contributed by atoms with van der Waals surface area (Å²) in [6.45, 7) is 1.68. The van der Waals surface area contributed by atoms with Gasteiger partial charge in [-0.15, -0.1) is 11.3 Å². The molecule has 1 fully saturated rings. The fourth-order valence-electron chi connectivity index (χ4n) is 2.79. The zero-order valence-corrected chi connectivity index (χ0v) is 11.0. The van der Waals surface area contributed by atoms with Crippen molar-refractivity contribution in [1.82, 2.24) is 4.98 Å². The zero-order chi connectivity index (χ0) is 12.5. The summed E-state index contributed by atoms with van der Waals surface area (Å²) in [7, 11) is 0. The third-order valence-corrected chi connectivity index (χ3v) is 4.94. The first-order valence-electron chi connectivity index (χ1n) is 6.53. The maximum absolute atomic E-state index is 11.2. The van der Waals surface area contributed by atoms with Gasteiger partial charge in [0.15, 0.2) is 0 Å². The van der Waals surface area contributed by atoms with E-state index in [1.165, 1.54) is 4.88 Å². The van der Waals surface area contributed by atoms with Crippen LogP contribution in [0.1, 0.15) is 40.8 Å². The Balaban J connectivity index is 1.79. The summed E-state index contributed by atoms with van der Waals surface area (Å²) >= 11 is 1.71. The van der Waals surface area contributed by atoms with Gasteiger partial charge in [-0.05, 0) is 31.6 Å². The van der Waals surface area contributed by atoms with Crippen molar-refractivity contribution >= 4 is 17.3 Å². The molecule has 2 heterocycles. The van der Waals surface area contributed by atoms with E-state index in [0.717, 1.165) is 56.0 Å². The molecule has 1 aliphatic heterocycles. The van der Waals surface area contributed by atoms with Gasteiger partial charge < -0.3 is 9.84 Å². The third kappa shape index (κ3) is 2.29. The normalized spacial score (nSPS) is 27.1. The highest BCUT2D eigenvalue weighted by Gasteiger charge is 2.30. The highest BCUT2D eigenvalue weighted by Crippen LogP contribution is 2.36. The summed E-state index contributed by atoms with van der Waals surface area (Å²) in [5, 5.41) is 10.3. The summed E-state index contributed by atoms with van der Waals surface area (Å²) in [6.07, 6.45) is 4.75. The van der Waals surface area contributed by atoms with Crippen molar-refractivity contribution in [1.29, 1.82) is 0 Å². The first kappa shape index (κ1) is 12.1. The lowest BCUT2D eigenvalue weighted by molar-refractivity contribution is -0.139. The van der Waals surface area contributed by atoms with Crippen molar-refractivity contribution in [3.8, 4) is 0 Å². The maximum Gasteiger partial charge on any atom is 0.312 e. The monoisotopic (exact) mass is 267 g/mol. The Bertz CT molecular complexity index is 451. The molecule has 0 bridgehead atoms. The molecular formula is C13H17NO3S. The van der Waals surface area contributed by atoms with E-state index in [9.17, 15) is 9.90 Å². The second-order valence-electron chi connectivity index (χ2n) is 5.13. The Morgan fingerprint density at radius 2 is 2.39 bits per heavy atom. The Morgan fingerprint density at radius 1 is 1.50 bits per heavy atom. The van der Waals surface area contributed by atoms with Crippen LogP contribution in [-0.4, -0.2) is 29.3 Å². The van der Waals surface area contributed by atoms with Gasteiger partial charge in [-0.1, -0.05) is 0 Å². The molecule has 0 aromatic carbocycles. The van der Waals surface area contributed by atoms with Crippen LogP contribution in [0.25, 0.3) is 0 Å². The Kier molecular flexibility index (Phi) is 3.35. The third-order valence-electron chi connectivity index (χ3n) is 3.78. The predicted molar refractivity (Wildman–Crippen MR) is 68.1 cm³/mol. The van der Waals surface area contributed by atoms with Crippen LogP contribution in [0.2, 0.25) is 0 Å². The van der Waals surface area contributed by atoms with E-state index in [1.54, 1.807) is 11.3 Å². The van der Waals surface area contributed by atoms with Gasteiger partial charge >= 0.3 is 5.97 Å². The van der Waals surface area contributed by atoms with Crippen LogP contribution in [0.3, 0.4) is 0 Å². The molecule has 2 atom stereocenters. The lowest BCUT2D eigenvalue weighted by atomic mass is 9.91. The molecule has 1 aromatic heterocycles. The van der Waals surface area contributed by atoms with Gasteiger partial charge in [0, 0.05) is 24.5 Å². The molecule has 0 saturated carbocycles. The smallest absolute Gasteiger partial charge is 0.312 e. The maximum atomic E-state index is 11.2. The molecule has 98 valence electrons. The van der Waals surface area contributed by atoms with Crippen molar-refractivity contribution in [3.05, 3.63) is 15.6 Å². The topological polar surface area (TPSA) is 59.4 Å². The van der Waals surface area contributed by atoms with Crippen LogP contribution < -0.4 is 0 Å². The van der Waals surface area contributed by atoms with Gasteiger partial charge in [-0.25, -0.2) is 4.98 Å². The number of aromatic nitrogens is 1. The van der Waals surface area contributed by atoms with Crippen LogP contribution in [0.4, 0.5) is 0 Å². The van der Waals surface area contributed by atoms with Gasteiger partial charge in [0.05, 0.1) is 16.6 Å². The quantitative estimate of drug-likeness (QED) is 0.912. The molecule has 3 rings (SSSR count). The van der Waals surface area contributed by atoms with Gasteiger partial charge in [0.25, 0.3) is 0 Å². The number of aliphatic carboxylic acids is 1. The average Bonchev–Trinajstić information content (AvgIpc) is 2.96. The first-order valence-corrected chi connectivity index (χ1v) is 7.34. The van der Waals surface area contributed by atoms with Crippen molar-refractivity contribution < 1.29 is 14.6 Å². The predicted octanol–water partition coefficient (Wildman–Crippen LogP) is 2.23.